The molecule has 0 aromatic carbocycles. The third kappa shape index (κ3) is 2.50. The average Bonchev–Trinajstić information content (AvgIpc) is 1.86. The van der Waals surface area contributed by atoms with Crippen LogP contribution in [0.15, 0.2) is 0 Å². The van der Waals surface area contributed by atoms with E-state index in [1.54, 1.807) is 0 Å². The molecule has 12 heavy (non-hydrogen) atoms. The Balaban J connectivity index is 4.47. The molecule has 0 aromatic rings. The van der Waals surface area contributed by atoms with Crippen molar-refractivity contribution in [1.82, 2.24) is 0 Å². The minimum atomic E-state index is 0.378. The summed E-state index contributed by atoms with van der Waals surface area (Å²) < 4.78 is 0. The maximum absolute atomic E-state index is 4.16. The smallest absolute Gasteiger partial charge is 0.0298 e. The van der Waals surface area contributed by atoms with E-state index < -0.39 is 0 Å². The Morgan fingerprint density at radius 2 is 1.58 bits per heavy atom. The van der Waals surface area contributed by atoms with Crippen LogP contribution in [0, 0.1) is 30.1 Å². The molecule has 0 saturated carbocycles. The van der Waals surface area contributed by atoms with Gasteiger partial charge in [-0.1, -0.05) is 48.0 Å². The zero-order valence-electron chi connectivity index (χ0n) is 9.65. The molecule has 0 spiro atoms. The molecule has 0 amide bonds. The van der Waals surface area contributed by atoms with Crippen LogP contribution in [0.2, 0.25) is 0 Å². The van der Waals surface area contributed by atoms with Crippen molar-refractivity contribution in [3.63, 3.8) is 0 Å². The Bertz CT molecular complexity index is 120. The van der Waals surface area contributed by atoms with Crippen LogP contribution in [0.1, 0.15) is 48.0 Å². The van der Waals surface area contributed by atoms with E-state index >= 15 is 0 Å². The number of hydrogen-bond donors (Lipinski definition) is 0. The Labute approximate surface area is 78.8 Å². The van der Waals surface area contributed by atoms with Crippen LogP contribution in [0.5, 0.6) is 0 Å². The highest BCUT2D eigenvalue weighted by molar-refractivity contribution is 4.84. The third-order valence-electron chi connectivity index (χ3n) is 3.47. The third-order valence-corrected chi connectivity index (χ3v) is 3.47. The van der Waals surface area contributed by atoms with Gasteiger partial charge in [-0.05, 0) is 30.1 Å². The fourth-order valence-corrected chi connectivity index (χ4v) is 2.22. The van der Waals surface area contributed by atoms with E-state index in [0.717, 1.165) is 11.8 Å². The standard InChI is InChI=1S/C12H25/c1-8-11(9(2)3)12(6,7)10(4)5/h9-11H,4,8H2,1-3,5-7H3. The fraction of sp³-hybridized carbons (Fsp3) is 0.917. The zero-order valence-corrected chi connectivity index (χ0v) is 9.65. The average molecular weight is 169 g/mol. The van der Waals surface area contributed by atoms with E-state index in [1.165, 1.54) is 6.42 Å². The molecule has 1 radical (unpaired) electrons. The van der Waals surface area contributed by atoms with Crippen LogP contribution in [-0.4, -0.2) is 0 Å². The Kier molecular flexibility index (Phi) is 4.30. The van der Waals surface area contributed by atoms with Crippen LogP contribution in [0.4, 0.5) is 0 Å². The van der Waals surface area contributed by atoms with Crippen LogP contribution in [0.3, 0.4) is 0 Å². The molecule has 0 aromatic heterocycles. The molecule has 0 rings (SSSR count). The summed E-state index contributed by atoms with van der Waals surface area (Å²) in [5.41, 5.74) is 0.378. The summed E-state index contributed by atoms with van der Waals surface area (Å²) in [6.45, 7) is 18.0. The van der Waals surface area contributed by atoms with Crippen molar-refractivity contribution < 1.29 is 0 Å². The summed E-state index contributed by atoms with van der Waals surface area (Å²) in [5, 5.41) is 0. The molecular weight excluding hydrogens is 144 g/mol. The molecule has 0 fully saturated rings. The van der Waals surface area contributed by atoms with Gasteiger partial charge in [-0.15, -0.1) is 0 Å². The van der Waals surface area contributed by atoms with Crippen molar-refractivity contribution in [1.29, 1.82) is 0 Å². The quantitative estimate of drug-likeness (QED) is 0.592. The lowest BCUT2D eigenvalue weighted by Crippen LogP contribution is -2.32. The van der Waals surface area contributed by atoms with E-state index in [4.69, 9.17) is 0 Å². The first-order valence-corrected chi connectivity index (χ1v) is 5.17. The van der Waals surface area contributed by atoms with Crippen LogP contribution in [0.25, 0.3) is 0 Å². The lowest BCUT2D eigenvalue weighted by Gasteiger charge is -2.40. The molecule has 0 heterocycles. The van der Waals surface area contributed by atoms with Crippen molar-refractivity contribution >= 4 is 0 Å². The van der Waals surface area contributed by atoms with Gasteiger partial charge in [0, 0.05) is 0 Å². The molecule has 0 nitrogen and oxygen atoms in total. The lowest BCUT2D eigenvalue weighted by molar-refractivity contribution is 0.106. The molecule has 2 unspecified atom stereocenters. The van der Waals surface area contributed by atoms with Crippen LogP contribution in [-0.2, 0) is 0 Å². The Morgan fingerprint density at radius 1 is 1.17 bits per heavy atom. The molecule has 0 heteroatoms. The molecule has 0 aliphatic rings. The first kappa shape index (κ1) is 12.0. The minimum Gasteiger partial charge on any atom is -0.0651 e. The van der Waals surface area contributed by atoms with Gasteiger partial charge in [0.1, 0.15) is 0 Å². The van der Waals surface area contributed by atoms with E-state index in [0.29, 0.717) is 11.3 Å². The first-order chi connectivity index (χ1) is 5.34. The number of rotatable bonds is 4. The fourth-order valence-electron chi connectivity index (χ4n) is 2.22. The van der Waals surface area contributed by atoms with Crippen molar-refractivity contribution in [3.8, 4) is 0 Å². The predicted molar refractivity (Wildman–Crippen MR) is 56.9 cm³/mol. The molecule has 73 valence electrons. The van der Waals surface area contributed by atoms with Crippen molar-refractivity contribution in [3.05, 3.63) is 6.92 Å². The van der Waals surface area contributed by atoms with E-state index in [2.05, 4.69) is 48.5 Å². The molecular formula is C12H25. The largest absolute Gasteiger partial charge is 0.0651 e. The van der Waals surface area contributed by atoms with Gasteiger partial charge in [-0.2, -0.15) is 0 Å². The molecule has 0 bridgehead atoms. The maximum Gasteiger partial charge on any atom is -0.0298 e. The highest BCUT2D eigenvalue weighted by atomic mass is 14.4. The second-order valence-electron chi connectivity index (χ2n) is 4.98. The SMILES string of the molecule is [CH2]C(C)C(C)(C)C(CC)C(C)C. The Morgan fingerprint density at radius 3 is 1.67 bits per heavy atom. The predicted octanol–water partition coefficient (Wildman–Crippen LogP) is 4.16. The second-order valence-corrected chi connectivity index (χ2v) is 4.98. The summed E-state index contributed by atoms with van der Waals surface area (Å²) in [4.78, 5) is 0. The van der Waals surface area contributed by atoms with Crippen LogP contribution >= 0.6 is 0 Å². The van der Waals surface area contributed by atoms with Crippen molar-refractivity contribution in [2.45, 2.75) is 48.0 Å². The van der Waals surface area contributed by atoms with Crippen LogP contribution < -0.4 is 0 Å². The normalized spacial score (nSPS) is 15.8. The Hall–Kier alpha value is 0. The summed E-state index contributed by atoms with van der Waals surface area (Å²) in [6.07, 6.45) is 1.27. The lowest BCUT2D eigenvalue weighted by atomic mass is 9.65. The molecule has 0 saturated heterocycles. The molecule has 0 aliphatic carbocycles. The maximum atomic E-state index is 4.16. The second kappa shape index (κ2) is 4.30. The van der Waals surface area contributed by atoms with Crippen molar-refractivity contribution in [2.24, 2.45) is 23.2 Å². The van der Waals surface area contributed by atoms with Gasteiger partial charge < -0.3 is 0 Å². The summed E-state index contributed by atoms with van der Waals surface area (Å²) in [6, 6.07) is 0. The minimum absolute atomic E-state index is 0.378. The van der Waals surface area contributed by atoms with Gasteiger partial charge in [-0.3, -0.25) is 0 Å². The zero-order chi connectivity index (χ0) is 9.94. The highest BCUT2D eigenvalue weighted by Crippen LogP contribution is 2.40. The summed E-state index contributed by atoms with van der Waals surface area (Å²) in [5.74, 6) is 2.10. The highest BCUT2D eigenvalue weighted by Gasteiger charge is 2.32. The molecule has 2 atom stereocenters. The van der Waals surface area contributed by atoms with E-state index in [1.807, 2.05) is 0 Å². The first-order valence-electron chi connectivity index (χ1n) is 5.17. The monoisotopic (exact) mass is 169 g/mol. The van der Waals surface area contributed by atoms with Gasteiger partial charge in [0.15, 0.2) is 0 Å². The van der Waals surface area contributed by atoms with Gasteiger partial charge in [-0.25, -0.2) is 0 Å². The topological polar surface area (TPSA) is 0 Å². The summed E-state index contributed by atoms with van der Waals surface area (Å²) >= 11 is 0. The molecule has 0 aliphatic heterocycles. The van der Waals surface area contributed by atoms with Gasteiger partial charge >= 0.3 is 0 Å². The van der Waals surface area contributed by atoms with Gasteiger partial charge in [0.2, 0.25) is 0 Å². The number of hydrogen-bond acceptors (Lipinski definition) is 0. The summed E-state index contributed by atoms with van der Waals surface area (Å²) in [7, 11) is 0. The molecule has 0 N–H and O–H groups in total. The van der Waals surface area contributed by atoms with Gasteiger partial charge in [0.05, 0.1) is 0 Å². The van der Waals surface area contributed by atoms with E-state index in [9.17, 15) is 0 Å². The van der Waals surface area contributed by atoms with Gasteiger partial charge in [0.25, 0.3) is 0 Å². The van der Waals surface area contributed by atoms with E-state index in [-0.39, 0.29) is 0 Å². The van der Waals surface area contributed by atoms with Crippen molar-refractivity contribution in [2.75, 3.05) is 0 Å².